The van der Waals surface area contributed by atoms with Gasteiger partial charge in [-0.3, -0.25) is 48.4 Å². The number of nitrogens with two attached hydrogens (primary N) is 3. The van der Waals surface area contributed by atoms with Crippen LogP contribution in [-0.4, -0.2) is 190 Å². The van der Waals surface area contributed by atoms with Crippen LogP contribution in [-0.2, 0) is 82.6 Å². The standard InChI is InChI=1S/C24H21N3O3S.C21H21N3O3S.C20H21N5O3S.C18H22N6O2.C18H25N5O3S/c1-16-21(12-20(14-26-16)19-10-11-25-24(13-19)27-17(2)28)15-31(29,30)23-9-5-7-18-6-3-4-8-22(18)23;1-14-4-6-20(7-5-14)28(26,27)24-21-12-18(13-23-16(21)3)17-8-9-22-19(11-17)10-15(2)25;1-14(26)24-19-11-16(8-9-22-19)17-10-18(20(21)23-12-17)29(27,28)25(2)13-15-6-4-3-5-7-15;1-12(25)22-16-10-13(3-4-20-16)14-9-15(17(19)21-11-14)18(26)24-7-5-23(2)6-8-24;1-11(2)23(12(3)4)27(25,26)16-8-15(10-21-18(16)19)14-6-7-20-17(9-14)22-13(5)24/h3-14H,15H2,1-2H3,(H,25,27,28);4-9,11-13,24H,10H2,1-3H3;3-12H,13H2,1-2H3,(H2,21,23)(H,22,24,26);3-4,9-11H,5-8H2,1-2H3,(H2,19,21)(H,20,22,25);6-12H,1-5H3,(H2,19,21)(H,20,22,24). The van der Waals surface area contributed by atoms with Gasteiger partial charge < -0.3 is 48.3 Å². The molecule has 0 radical (unpaired) electrons. The van der Waals surface area contributed by atoms with Crippen LogP contribution in [0.5, 0.6) is 0 Å². The van der Waals surface area contributed by atoms with Crippen molar-refractivity contribution in [2.75, 3.05) is 83.5 Å². The number of sulfone groups is 1. The van der Waals surface area contributed by atoms with Crippen molar-refractivity contribution in [1.29, 1.82) is 0 Å². The van der Waals surface area contributed by atoms with Gasteiger partial charge in [-0.25, -0.2) is 68.6 Å². The van der Waals surface area contributed by atoms with Gasteiger partial charge in [0.2, 0.25) is 43.7 Å². The van der Waals surface area contributed by atoms with E-state index in [-0.39, 0.29) is 98.3 Å². The van der Waals surface area contributed by atoms with E-state index in [1.807, 2.05) is 114 Å². The molecule has 0 bridgehead atoms. The van der Waals surface area contributed by atoms with Crippen LogP contribution < -0.4 is 43.2 Å². The lowest BCUT2D eigenvalue weighted by atomic mass is 10.1. The summed E-state index contributed by atoms with van der Waals surface area (Å²) in [4.78, 5) is 115. The zero-order chi connectivity index (χ0) is 102. The summed E-state index contributed by atoms with van der Waals surface area (Å²) < 4.78 is 110. The summed E-state index contributed by atoms with van der Waals surface area (Å²) in [7, 11) is -11.5. The van der Waals surface area contributed by atoms with Gasteiger partial charge in [-0.1, -0.05) is 84.4 Å². The van der Waals surface area contributed by atoms with Crippen molar-refractivity contribution in [2.45, 2.75) is 133 Å². The maximum Gasteiger partial charge on any atom is 0.261 e. The minimum atomic E-state index is -3.87. The highest BCUT2D eigenvalue weighted by Crippen LogP contribution is 2.36. The number of sulfonamides is 3. The average molecular weight is 1980 g/mol. The van der Waals surface area contributed by atoms with E-state index >= 15 is 0 Å². The number of rotatable bonds is 26. The fourth-order valence-corrected chi connectivity index (χ4v) is 20.7. The molecule has 40 heteroatoms. The second-order valence-corrected chi connectivity index (χ2v) is 41.0. The summed E-state index contributed by atoms with van der Waals surface area (Å²) in [5.41, 5.74) is 29.9. The molecule has 0 spiro atoms. The molecule has 0 aliphatic carbocycles. The third kappa shape index (κ3) is 28.9. The summed E-state index contributed by atoms with van der Waals surface area (Å²) in [6.45, 7) is 23.0. The number of piperazine rings is 1. The van der Waals surface area contributed by atoms with Crippen molar-refractivity contribution in [3.63, 3.8) is 0 Å². The number of ketones is 1. The fraction of sp³-hybridized carbons (Fsp3) is 0.228. The molecule has 11 N–H and O–H groups in total. The van der Waals surface area contributed by atoms with E-state index in [9.17, 15) is 62.4 Å². The van der Waals surface area contributed by atoms with Gasteiger partial charge in [0.05, 0.1) is 32.5 Å². The summed E-state index contributed by atoms with van der Waals surface area (Å²) in [6, 6.07) is 53.9. The number of carbonyl (C=O) groups excluding carboxylic acids is 6. The molecule has 0 saturated carbocycles. The number of Topliss-reactive ketones (excluding diaryl/α,β-unsaturated/α-hetero) is 1. The molecule has 11 heterocycles. The molecule has 15 rings (SSSR count). The van der Waals surface area contributed by atoms with Crippen LogP contribution in [0.25, 0.3) is 66.4 Å². The number of likely N-dealkylation sites (N-methyl/N-ethyl adjacent to an activating group) is 1. The molecular weight excluding hydrogens is 1870 g/mol. The highest BCUT2D eigenvalue weighted by Gasteiger charge is 2.33. The molecule has 0 unspecified atom stereocenters. The van der Waals surface area contributed by atoms with Crippen LogP contribution in [0.4, 0.5) is 46.4 Å². The number of aromatic nitrogens is 10. The predicted molar refractivity (Wildman–Crippen MR) is 546 cm³/mol. The van der Waals surface area contributed by atoms with Gasteiger partial charge in [-0.2, -0.15) is 8.61 Å². The summed E-state index contributed by atoms with van der Waals surface area (Å²) >= 11 is 0. The van der Waals surface area contributed by atoms with E-state index < -0.39 is 39.9 Å². The number of nitrogens with zero attached hydrogens (tertiary/aromatic N) is 14. The van der Waals surface area contributed by atoms with Crippen LogP contribution in [0.15, 0.2) is 270 Å². The molecule has 14 aromatic rings. The van der Waals surface area contributed by atoms with Gasteiger partial charge in [0.25, 0.3) is 15.9 Å². The molecule has 1 aliphatic rings. The van der Waals surface area contributed by atoms with Crippen LogP contribution in [0.3, 0.4) is 0 Å². The second kappa shape index (κ2) is 47.3. The van der Waals surface area contributed by atoms with E-state index in [1.54, 1.807) is 159 Å². The minimum absolute atomic E-state index is 0.0261. The molecule has 732 valence electrons. The Bertz CT molecular complexity index is 7440. The van der Waals surface area contributed by atoms with Crippen LogP contribution in [0, 0.1) is 20.8 Å². The molecule has 1 saturated heterocycles. The van der Waals surface area contributed by atoms with E-state index in [0.717, 1.165) is 63.0 Å². The molecule has 0 atom stereocenters. The number of nitrogen functional groups attached to an aromatic ring is 3. The van der Waals surface area contributed by atoms with Gasteiger partial charge in [-0.05, 0) is 216 Å². The van der Waals surface area contributed by atoms with Crippen LogP contribution >= 0.6 is 0 Å². The molecule has 4 aromatic carbocycles. The predicted octanol–water partition coefficient (Wildman–Crippen LogP) is 14.3. The number of nitrogens with one attached hydrogen (secondary N) is 5. The molecule has 5 amide bonds. The molecular formula is C101H110N22O14S4. The minimum Gasteiger partial charge on any atom is -0.383 e. The lowest BCUT2D eigenvalue weighted by molar-refractivity contribution is -0.117. The Labute approximate surface area is 819 Å². The molecule has 141 heavy (non-hydrogen) atoms. The van der Waals surface area contributed by atoms with Crippen LogP contribution in [0.1, 0.15) is 106 Å². The number of pyridine rings is 10. The largest absolute Gasteiger partial charge is 0.383 e. The van der Waals surface area contributed by atoms with E-state index in [1.165, 1.54) is 87.2 Å². The first-order chi connectivity index (χ1) is 66.8. The molecule has 1 fully saturated rings. The summed E-state index contributed by atoms with van der Waals surface area (Å²) in [5.74, 6) is 0.526. The Morgan fingerprint density at radius 1 is 0.418 bits per heavy atom. The maximum absolute atomic E-state index is 13.3. The Balaban J connectivity index is 0.000000169. The first-order valence-electron chi connectivity index (χ1n) is 44.2. The number of aryl methyl sites for hydroxylation is 3. The number of hydrogen-bond donors (Lipinski definition) is 8. The third-order valence-corrected chi connectivity index (χ3v) is 28.9. The lowest BCUT2D eigenvalue weighted by Gasteiger charge is -2.32. The Kier molecular flexibility index (Phi) is 35.5. The number of amides is 5. The number of anilines is 8. The van der Waals surface area contributed by atoms with Crippen molar-refractivity contribution in [2.24, 2.45) is 0 Å². The van der Waals surface area contributed by atoms with E-state index in [2.05, 4.69) is 80.7 Å². The second-order valence-electron chi connectivity index (χ2n) is 33.6. The van der Waals surface area contributed by atoms with Gasteiger partial charge in [-0.15, -0.1) is 0 Å². The first-order valence-corrected chi connectivity index (χ1v) is 50.3. The van der Waals surface area contributed by atoms with E-state index in [4.69, 9.17) is 17.2 Å². The Morgan fingerprint density at radius 3 is 1.32 bits per heavy atom. The fourth-order valence-electron chi connectivity index (χ4n) is 14.8. The van der Waals surface area contributed by atoms with E-state index in [0.29, 0.717) is 103 Å². The zero-order valence-corrected chi connectivity index (χ0v) is 83.4. The van der Waals surface area contributed by atoms with Crippen molar-refractivity contribution in [3.8, 4) is 55.6 Å². The highest BCUT2D eigenvalue weighted by molar-refractivity contribution is 7.92. The van der Waals surface area contributed by atoms with Crippen molar-refractivity contribution in [3.05, 3.63) is 289 Å². The first kappa shape index (κ1) is 106. The monoisotopic (exact) mass is 1980 g/mol. The SMILES string of the molecule is CC(=O)Cc1cc(-c2cnc(C)c(NS(=O)(=O)c3ccc(C)cc3)c2)ccn1.CC(=O)Nc1cc(-c2cnc(C)c(CS(=O)(=O)c3cccc4ccccc34)c2)ccn1.CC(=O)Nc1cc(-c2cnc(N)c(C(=O)N3CCN(C)CC3)c2)ccn1.CC(=O)Nc1cc(-c2cnc(N)c(S(=O)(=O)N(C(C)C)C(C)C)c2)ccn1.CC(=O)Nc1cc(-c2cnc(N)c(S(=O)(=O)N(C)Cc3ccccc3)c2)ccn1. The van der Waals surface area contributed by atoms with Gasteiger partial charge in [0, 0.05) is 193 Å². The summed E-state index contributed by atoms with van der Waals surface area (Å²) in [5, 5.41) is 12.1. The third-order valence-electron chi connectivity index (χ3n) is 21.7. The lowest BCUT2D eigenvalue weighted by Crippen LogP contribution is -2.47. The number of benzene rings is 4. The normalized spacial score (nSPS) is 12.1. The smallest absolute Gasteiger partial charge is 0.261 e. The Hall–Kier alpha value is -15.5. The molecule has 1 aliphatic heterocycles. The average Bonchev–Trinajstić information content (AvgIpc) is 0.892. The quantitative estimate of drug-likeness (QED) is 0.0250. The topological polar surface area (TPSA) is 519 Å². The summed E-state index contributed by atoms with van der Waals surface area (Å²) in [6.07, 6.45) is 16.1. The van der Waals surface area contributed by atoms with Crippen molar-refractivity contribution < 1.29 is 62.4 Å². The maximum atomic E-state index is 13.3. The Morgan fingerprint density at radius 2 is 0.837 bits per heavy atom. The van der Waals surface area contributed by atoms with Gasteiger partial charge >= 0.3 is 0 Å². The number of carbonyl (C=O) groups is 6. The highest BCUT2D eigenvalue weighted by atomic mass is 32.2. The molecule has 10 aromatic heterocycles. The zero-order valence-electron chi connectivity index (χ0n) is 80.1. The van der Waals surface area contributed by atoms with Crippen molar-refractivity contribution in [1.82, 2.24) is 68.3 Å². The van der Waals surface area contributed by atoms with Crippen LogP contribution in [0.2, 0.25) is 0 Å². The van der Waals surface area contributed by atoms with Gasteiger partial charge in [0.1, 0.15) is 56.3 Å². The van der Waals surface area contributed by atoms with Gasteiger partial charge in [0.15, 0.2) is 9.84 Å². The number of fused-ring (bicyclic) bond motifs is 1. The van der Waals surface area contributed by atoms with Crippen molar-refractivity contribution >= 4 is 132 Å². The molecule has 36 nitrogen and oxygen atoms in total. The number of hydrogen-bond acceptors (Lipinski definition) is 28.